The third-order valence-corrected chi connectivity index (χ3v) is 4.09. The topological polar surface area (TPSA) is 55.1 Å². The van der Waals surface area contributed by atoms with Crippen LogP contribution in [0.3, 0.4) is 0 Å². The van der Waals surface area contributed by atoms with Gasteiger partial charge in [-0.2, -0.15) is 0 Å². The molecule has 4 heteroatoms. The zero-order valence-electron chi connectivity index (χ0n) is 8.61. The van der Waals surface area contributed by atoms with Crippen molar-refractivity contribution in [2.24, 2.45) is 0 Å². The molecule has 3 N–H and O–H groups in total. The van der Waals surface area contributed by atoms with Gasteiger partial charge in [0.05, 0.1) is 11.4 Å². The molecule has 1 aliphatic heterocycles. The molecule has 2 rings (SSSR count). The van der Waals surface area contributed by atoms with Crippen molar-refractivity contribution in [2.75, 3.05) is 22.6 Å². The summed E-state index contributed by atoms with van der Waals surface area (Å²) in [6, 6.07) is 8.20. The van der Waals surface area contributed by atoms with E-state index in [4.69, 9.17) is 5.73 Å². The molecule has 1 aliphatic rings. The van der Waals surface area contributed by atoms with Crippen molar-refractivity contribution in [3.8, 4) is 0 Å². The zero-order valence-corrected chi connectivity index (χ0v) is 9.43. The summed E-state index contributed by atoms with van der Waals surface area (Å²) >= 11 is 0. The number of rotatable bonds is 2. The molecule has 1 aromatic carbocycles. The molecule has 1 saturated heterocycles. The standard InChI is InChI=1S/C11H16N2OS/c12-10-3-1-2-4-11(10)13-9-5-7-15(14)8-6-9/h1-4,9,13H,5-8,12H2. The van der Waals surface area contributed by atoms with Crippen LogP contribution in [-0.2, 0) is 10.8 Å². The molecule has 0 aliphatic carbocycles. The van der Waals surface area contributed by atoms with Crippen LogP contribution in [0.4, 0.5) is 11.4 Å². The number of benzene rings is 1. The summed E-state index contributed by atoms with van der Waals surface area (Å²) in [5, 5.41) is 3.41. The van der Waals surface area contributed by atoms with E-state index in [1.54, 1.807) is 0 Å². The molecule has 1 heterocycles. The average Bonchev–Trinajstić information content (AvgIpc) is 2.25. The van der Waals surface area contributed by atoms with E-state index in [1.165, 1.54) is 0 Å². The molecule has 0 aromatic heterocycles. The van der Waals surface area contributed by atoms with E-state index in [0.717, 1.165) is 35.7 Å². The molecule has 0 bridgehead atoms. The van der Waals surface area contributed by atoms with Gasteiger partial charge in [0.1, 0.15) is 0 Å². The Bertz CT molecular complexity index is 357. The highest BCUT2D eigenvalue weighted by Crippen LogP contribution is 2.21. The van der Waals surface area contributed by atoms with Crippen molar-refractivity contribution in [1.82, 2.24) is 0 Å². The molecule has 0 radical (unpaired) electrons. The molecule has 1 fully saturated rings. The minimum absolute atomic E-state index is 0.424. The van der Waals surface area contributed by atoms with Crippen molar-refractivity contribution in [3.63, 3.8) is 0 Å². The molecule has 1 aromatic rings. The van der Waals surface area contributed by atoms with Crippen LogP contribution in [0.2, 0.25) is 0 Å². The average molecular weight is 224 g/mol. The zero-order chi connectivity index (χ0) is 10.7. The van der Waals surface area contributed by atoms with Gasteiger partial charge in [-0.15, -0.1) is 0 Å². The second-order valence-corrected chi connectivity index (χ2v) is 5.55. The van der Waals surface area contributed by atoms with Gasteiger partial charge in [-0.3, -0.25) is 4.21 Å². The van der Waals surface area contributed by atoms with E-state index in [2.05, 4.69) is 5.32 Å². The molecule has 0 unspecified atom stereocenters. The van der Waals surface area contributed by atoms with Crippen molar-refractivity contribution >= 4 is 22.2 Å². The Morgan fingerprint density at radius 1 is 1.27 bits per heavy atom. The molecule has 0 spiro atoms. The highest BCUT2D eigenvalue weighted by Gasteiger charge is 2.17. The first-order chi connectivity index (χ1) is 7.25. The lowest BCUT2D eigenvalue weighted by Gasteiger charge is -2.24. The second-order valence-electron chi connectivity index (χ2n) is 3.85. The smallest absolute Gasteiger partial charge is 0.0576 e. The van der Waals surface area contributed by atoms with Gasteiger partial charge in [0.15, 0.2) is 0 Å². The van der Waals surface area contributed by atoms with Gasteiger partial charge in [-0.1, -0.05) is 12.1 Å². The van der Waals surface area contributed by atoms with Gasteiger partial charge < -0.3 is 11.1 Å². The Balaban J connectivity index is 1.97. The van der Waals surface area contributed by atoms with Crippen LogP contribution in [-0.4, -0.2) is 21.8 Å². The fourth-order valence-corrected chi connectivity index (χ4v) is 3.09. The summed E-state index contributed by atoms with van der Waals surface area (Å²) in [5.74, 6) is 1.62. The molecule has 0 atom stereocenters. The van der Waals surface area contributed by atoms with Crippen LogP contribution < -0.4 is 11.1 Å². The molecular weight excluding hydrogens is 208 g/mol. The summed E-state index contributed by atoms with van der Waals surface area (Å²) < 4.78 is 11.2. The van der Waals surface area contributed by atoms with Crippen molar-refractivity contribution in [1.29, 1.82) is 0 Å². The second kappa shape index (κ2) is 4.66. The molecular formula is C11H16N2OS. The maximum Gasteiger partial charge on any atom is 0.0576 e. The minimum atomic E-state index is -0.595. The van der Waals surface area contributed by atoms with Gasteiger partial charge in [-0.05, 0) is 25.0 Å². The Morgan fingerprint density at radius 2 is 1.93 bits per heavy atom. The van der Waals surface area contributed by atoms with E-state index < -0.39 is 10.8 Å². The quantitative estimate of drug-likeness (QED) is 0.750. The van der Waals surface area contributed by atoms with Crippen molar-refractivity contribution in [3.05, 3.63) is 24.3 Å². The molecule has 0 saturated carbocycles. The number of anilines is 2. The largest absolute Gasteiger partial charge is 0.397 e. The lowest BCUT2D eigenvalue weighted by Crippen LogP contribution is -2.29. The first-order valence-electron chi connectivity index (χ1n) is 5.22. The third kappa shape index (κ3) is 2.72. The highest BCUT2D eigenvalue weighted by atomic mass is 32.2. The lowest BCUT2D eigenvalue weighted by atomic mass is 10.1. The maximum absolute atomic E-state index is 11.2. The first kappa shape index (κ1) is 10.5. The van der Waals surface area contributed by atoms with E-state index in [0.29, 0.717) is 6.04 Å². The summed E-state index contributed by atoms with van der Waals surface area (Å²) in [6.07, 6.45) is 1.95. The van der Waals surface area contributed by atoms with Gasteiger partial charge >= 0.3 is 0 Å². The Morgan fingerprint density at radius 3 is 2.60 bits per heavy atom. The van der Waals surface area contributed by atoms with Gasteiger partial charge in [0.2, 0.25) is 0 Å². The SMILES string of the molecule is Nc1ccccc1NC1CCS(=O)CC1. The highest BCUT2D eigenvalue weighted by molar-refractivity contribution is 7.85. The number of hydrogen-bond acceptors (Lipinski definition) is 3. The summed E-state index contributed by atoms with van der Waals surface area (Å²) in [7, 11) is -0.595. The normalized spacial score (nSPS) is 26.1. The minimum Gasteiger partial charge on any atom is -0.397 e. The third-order valence-electron chi connectivity index (χ3n) is 2.71. The van der Waals surface area contributed by atoms with Crippen LogP contribution in [0.5, 0.6) is 0 Å². The lowest BCUT2D eigenvalue weighted by molar-refractivity contribution is 0.624. The molecule has 15 heavy (non-hydrogen) atoms. The van der Waals surface area contributed by atoms with Crippen LogP contribution >= 0.6 is 0 Å². The van der Waals surface area contributed by atoms with Gasteiger partial charge in [0.25, 0.3) is 0 Å². The number of nitrogens with two attached hydrogens (primary N) is 1. The van der Waals surface area contributed by atoms with Gasteiger partial charge in [0, 0.05) is 28.3 Å². The maximum atomic E-state index is 11.2. The van der Waals surface area contributed by atoms with E-state index in [-0.39, 0.29) is 0 Å². The predicted octanol–water partition coefficient (Wildman–Crippen LogP) is 1.59. The van der Waals surface area contributed by atoms with Crippen LogP contribution in [0.1, 0.15) is 12.8 Å². The molecule has 0 amide bonds. The van der Waals surface area contributed by atoms with E-state index >= 15 is 0 Å². The van der Waals surface area contributed by atoms with E-state index in [9.17, 15) is 4.21 Å². The predicted molar refractivity (Wildman–Crippen MR) is 65.4 cm³/mol. The van der Waals surface area contributed by atoms with Crippen molar-refractivity contribution in [2.45, 2.75) is 18.9 Å². The molecule has 82 valence electrons. The summed E-state index contributed by atoms with van der Waals surface area (Å²) in [4.78, 5) is 0. The number of para-hydroxylation sites is 2. The fraction of sp³-hybridized carbons (Fsp3) is 0.455. The number of nitrogens with one attached hydrogen (secondary N) is 1. The summed E-state index contributed by atoms with van der Waals surface area (Å²) in [5.41, 5.74) is 7.62. The van der Waals surface area contributed by atoms with Crippen LogP contribution in [0.15, 0.2) is 24.3 Å². The number of nitrogen functional groups attached to an aromatic ring is 1. The van der Waals surface area contributed by atoms with Crippen LogP contribution in [0.25, 0.3) is 0 Å². The monoisotopic (exact) mass is 224 g/mol. The van der Waals surface area contributed by atoms with Crippen molar-refractivity contribution < 1.29 is 4.21 Å². The molecule has 3 nitrogen and oxygen atoms in total. The van der Waals surface area contributed by atoms with E-state index in [1.807, 2.05) is 24.3 Å². The van der Waals surface area contributed by atoms with Crippen LogP contribution in [0, 0.1) is 0 Å². The fourth-order valence-electron chi connectivity index (χ4n) is 1.79. The Labute approximate surface area is 92.5 Å². The first-order valence-corrected chi connectivity index (χ1v) is 6.70. The van der Waals surface area contributed by atoms with Gasteiger partial charge in [-0.25, -0.2) is 0 Å². The Hall–Kier alpha value is -1.03. The Kier molecular flexibility index (Phi) is 3.26. The number of hydrogen-bond donors (Lipinski definition) is 2. The summed E-state index contributed by atoms with van der Waals surface area (Å²) in [6.45, 7) is 0.